The zero-order chi connectivity index (χ0) is 27.5. The van der Waals surface area contributed by atoms with Crippen LogP contribution < -0.4 is 9.64 Å². The minimum atomic E-state index is -1.01. The lowest BCUT2D eigenvalue weighted by molar-refractivity contribution is 0.0147. The van der Waals surface area contributed by atoms with Gasteiger partial charge in [0.05, 0.1) is 30.1 Å². The summed E-state index contributed by atoms with van der Waals surface area (Å²) in [4.78, 5) is 18.8. The van der Waals surface area contributed by atoms with Crippen LogP contribution >= 0.6 is 11.3 Å². The molecule has 2 aromatic heterocycles. The molecule has 2 aliphatic heterocycles. The van der Waals surface area contributed by atoms with Gasteiger partial charge in [-0.1, -0.05) is 22.6 Å². The average molecular weight is 568 g/mol. The molecule has 4 heterocycles. The van der Waals surface area contributed by atoms with E-state index in [4.69, 9.17) is 19.0 Å². The second kappa shape index (κ2) is 9.81. The molecule has 2 aromatic carbocycles. The van der Waals surface area contributed by atoms with Crippen LogP contribution in [0.2, 0.25) is 0 Å². The van der Waals surface area contributed by atoms with Crippen LogP contribution in [0.25, 0.3) is 21.5 Å². The molecule has 40 heavy (non-hydrogen) atoms. The number of ether oxygens (including phenoxy) is 2. The summed E-state index contributed by atoms with van der Waals surface area (Å²) >= 11 is 1.48. The van der Waals surface area contributed by atoms with Crippen molar-refractivity contribution in [2.75, 3.05) is 12.0 Å². The van der Waals surface area contributed by atoms with Crippen LogP contribution in [0.3, 0.4) is 0 Å². The first-order chi connectivity index (χ1) is 19.4. The summed E-state index contributed by atoms with van der Waals surface area (Å²) in [6.45, 7) is 0.223. The highest BCUT2D eigenvalue weighted by molar-refractivity contribution is 7.22. The number of hydrogen-bond donors (Lipinski definition) is 1. The number of aromatic carboxylic acids is 1. The van der Waals surface area contributed by atoms with Crippen LogP contribution in [0.5, 0.6) is 5.75 Å². The van der Waals surface area contributed by atoms with Crippen LogP contribution in [0.1, 0.15) is 66.1 Å². The number of anilines is 1. The third-order valence-corrected chi connectivity index (χ3v) is 9.28. The number of fused-ring (bicyclic) bond motifs is 3. The van der Waals surface area contributed by atoms with E-state index in [1.165, 1.54) is 36.6 Å². The molecular formula is C29H27F2N3O5S. The first kappa shape index (κ1) is 25.4. The summed E-state index contributed by atoms with van der Waals surface area (Å²) in [5.74, 6) is -1.46. The molecule has 3 fully saturated rings. The van der Waals surface area contributed by atoms with Gasteiger partial charge in [0.25, 0.3) is 0 Å². The van der Waals surface area contributed by atoms with Crippen molar-refractivity contribution < 1.29 is 32.7 Å². The lowest BCUT2D eigenvalue weighted by Crippen LogP contribution is -2.45. The van der Waals surface area contributed by atoms with Crippen molar-refractivity contribution in [3.8, 4) is 17.0 Å². The van der Waals surface area contributed by atoms with Crippen molar-refractivity contribution >= 4 is 32.7 Å². The van der Waals surface area contributed by atoms with Crippen LogP contribution in [0.4, 0.5) is 13.9 Å². The Morgan fingerprint density at radius 2 is 1.95 bits per heavy atom. The molecule has 0 radical (unpaired) electrons. The van der Waals surface area contributed by atoms with Gasteiger partial charge >= 0.3 is 5.97 Å². The Hall–Kier alpha value is -3.57. The third-order valence-electron chi connectivity index (χ3n) is 8.26. The van der Waals surface area contributed by atoms with E-state index in [2.05, 4.69) is 10.1 Å². The first-order valence-corrected chi connectivity index (χ1v) is 14.3. The normalized spacial score (nSPS) is 22.3. The topological polar surface area (TPSA) is 97.9 Å². The standard InChI is InChI=1S/C29H27F2N3O5S/c1-37-22-9-15(28(35)36)10-23-26(22)32-29(40-23)34-16-7-8-17(34)12-18(11-16)38-13-20-25(33-39-27(20)14-5-6-14)19-3-2-4-21(30)24(19)31/h2-4,9-10,14,16-18H,5-8,11-13H2,1H3,(H,35,36). The maximum atomic E-state index is 14.6. The third kappa shape index (κ3) is 4.32. The Morgan fingerprint density at radius 1 is 1.18 bits per heavy atom. The lowest BCUT2D eigenvalue weighted by Gasteiger charge is -2.38. The molecule has 208 valence electrons. The van der Waals surface area contributed by atoms with Gasteiger partial charge < -0.3 is 24.0 Å². The minimum Gasteiger partial charge on any atom is -0.494 e. The van der Waals surface area contributed by atoms with E-state index in [0.717, 1.165) is 54.4 Å². The van der Waals surface area contributed by atoms with E-state index < -0.39 is 17.6 Å². The second-order valence-electron chi connectivity index (χ2n) is 10.8. The van der Waals surface area contributed by atoms with Crippen molar-refractivity contribution in [3.05, 3.63) is 58.9 Å². The number of halogens is 2. The highest BCUT2D eigenvalue weighted by Gasteiger charge is 2.43. The van der Waals surface area contributed by atoms with Crippen molar-refractivity contribution in [2.24, 2.45) is 0 Å². The largest absolute Gasteiger partial charge is 0.494 e. The molecular weight excluding hydrogens is 540 g/mol. The number of thiazole rings is 1. The van der Waals surface area contributed by atoms with Crippen LogP contribution in [-0.2, 0) is 11.3 Å². The van der Waals surface area contributed by atoms with E-state index in [1.54, 1.807) is 6.07 Å². The Labute approximate surface area is 232 Å². The zero-order valence-electron chi connectivity index (χ0n) is 21.7. The van der Waals surface area contributed by atoms with Crippen LogP contribution in [0, 0.1) is 11.6 Å². The number of carboxylic acid groups (broad SMARTS) is 1. The molecule has 8 nitrogen and oxygen atoms in total. The van der Waals surface area contributed by atoms with Gasteiger partial charge in [0.15, 0.2) is 16.8 Å². The van der Waals surface area contributed by atoms with Gasteiger partial charge in [-0.15, -0.1) is 0 Å². The van der Waals surface area contributed by atoms with Crippen LogP contribution in [-0.4, -0.2) is 46.5 Å². The molecule has 7 rings (SSSR count). The number of aromatic nitrogens is 2. The fourth-order valence-corrected chi connectivity index (χ4v) is 7.35. The smallest absolute Gasteiger partial charge is 0.335 e. The van der Waals surface area contributed by atoms with Gasteiger partial charge in [-0.2, -0.15) is 0 Å². The average Bonchev–Trinajstić information content (AvgIpc) is 3.46. The minimum absolute atomic E-state index is 0.0107. The van der Waals surface area contributed by atoms with Crippen molar-refractivity contribution in [3.63, 3.8) is 0 Å². The highest BCUT2D eigenvalue weighted by Crippen LogP contribution is 2.47. The number of methoxy groups -OCH3 is 1. The fourth-order valence-electron chi connectivity index (χ4n) is 6.18. The summed E-state index contributed by atoms with van der Waals surface area (Å²) in [5, 5.41) is 14.5. The van der Waals surface area contributed by atoms with Gasteiger partial charge in [0.1, 0.15) is 22.7 Å². The molecule has 4 aromatic rings. The maximum Gasteiger partial charge on any atom is 0.335 e. The monoisotopic (exact) mass is 567 g/mol. The summed E-state index contributed by atoms with van der Waals surface area (Å²) in [6.07, 6.45) is 5.59. The number of carboxylic acids is 1. The van der Waals surface area contributed by atoms with Crippen LogP contribution in [0.15, 0.2) is 34.9 Å². The highest BCUT2D eigenvalue weighted by atomic mass is 32.1. The molecule has 0 spiro atoms. The summed E-state index contributed by atoms with van der Waals surface area (Å²) in [5.41, 5.74) is 1.94. The van der Waals surface area contributed by atoms with Gasteiger partial charge in [-0.25, -0.2) is 18.6 Å². The molecule has 11 heteroatoms. The van der Waals surface area contributed by atoms with E-state index in [0.29, 0.717) is 28.3 Å². The quantitative estimate of drug-likeness (QED) is 0.257. The molecule has 1 N–H and O–H groups in total. The SMILES string of the molecule is COc1cc(C(=O)O)cc2sc(N3C4CCC3CC(OCc3c(-c5cccc(F)c5F)noc3C3CC3)C4)nc12. The van der Waals surface area contributed by atoms with Crippen molar-refractivity contribution in [1.29, 1.82) is 0 Å². The van der Waals surface area contributed by atoms with E-state index in [1.807, 2.05) is 0 Å². The summed E-state index contributed by atoms with van der Waals surface area (Å²) in [6, 6.07) is 7.70. The Morgan fingerprint density at radius 3 is 2.65 bits per heavy atom. The molecule has 0 amide bonds. The zero-order valence-corrected chi connectivity index (χ0v) is 22.5. The Kier molecular flexibility index (Phi) is 6.23. The number of carbonyl (C=O) groups is 1. The Bertz CT molecular complexity index is 1600. The van der Waals surface area contributed by atoms with E-state index >= 15 is 0 Å². The first-order valence-electron chi connectivity index (χ1n) is 13.5. The van der Waals surface area contributed by atoms with E-state index in [9.17, 15) is 18.7 Å². The molecule has 3 aliphatic rings. The summed E-state index contributed by atoms with van der Waals surface area (Å²) < 4.78 is 46.9. The molecule has 2 unspecified atom stereocenters. The number of piperidine rings is 1. The van der Waals surface area contributed by atoms with Gasteiger partial charge in [-0.05, 0) is 62.8 Å². The molecule has 1 saturated carbocycles. The number of rotatable bonds is 8. The number of benzene rings is 2. The van der Waals surface area contributed by atoms with Crippen molar-refractivity contribution in [2.45, 2.75) is 69.2 Å². The Balaban J connectivity index is 1.11. The van der Waals surface area contributed by atoms with Gasteiger partial charge in [0, 0.05) is 29.1 Å². The molecule has 2 saturated heterocycles. The van der Waals surface area contributed by atoms with Gasteiger partial charge in [0.2, 0.25) is 0 Å². The predicted octanol–water partition coefficient (Wildman–Crippen LogP) is 6.53. The number of hydrogen-bond acceptors (Lipinski definition) is 8. The van der Waals surface area contributed by atoms with E-state index in [-0.39, 0.29) is 41.8 Å². The molecule has 2 atom stereocenters. The predicted molar refractivity (Wildman–Crippen MR) is 144 cm³/mol. The lowest BCUT2D eigenvalue weighted by atomic mass is 10.00. The van der Waals surface area contributed by atoms with Gasteiger partial charge in [-0.3, -0.25) is 0 Å². The van der Waals surface area contributed by atoms with Crippen molar-refractivity contribution in [1.82, 2.24) is 10.1 Å². The fraction of sp³-hybridized carbons (Fsp3) is 0.414. The second-order valence-corrected chi connectivity index (χ2v) is 11.8. The molecule has 2 bridgehead atoms. The number of nitrogens with zero attached hydrogens (tertiary/aromatic N) is 3. The molecule has 1 aliphatic carbocycles. The maximum absolute atomic E-state index is 14.6. The summed E-state index contributed by atoms with van der Waals surface area (Å²) in [7, 11) is 1.52.